The number of nitrogens with two attached hydrogens (primary N) is 1. The van der Waals surface area contributed by atoms with Crippen LogP contribution in [0.25, 0.3) is 0 Å². The second kappa shape index (κ2) is 3.90. The number of ether oxygens (including phenoxy) is 2. The van der Waals surface area contributed by atoms with Crippen LogP contribution in [0.15, 0.2) is 18.2 Å². The SMILES string of the molecule is Cc1ccc(OC2COC2)c(C(=N)N)c1. The van der Waals surface area contributed by atoms with E-state index >= 15 is 0 Å². The van der Waals surface area contributed by atoms with E-state index < -0.39 is 0 Å². The summed E-state index contributed by atoms with van der Waals surface area (Å²) in [6.45, 7) is 3.19. The normalized spacial score (nSPS) is 15.8. The zero-order valence-electron chi connectivity index (χ0n) is 8.62. The van der Waals surface area contributed by atoms with Gasteiger partial charge in [0.05, 0.1) is 18.8 Å². The molecule has 0 spiro atoms. The van der Waals surface area contributed by atoms with Crippen molar-refractivity contribution in [2.75, 3.05) is 13.2 Å². The number of amidine groups is 1. The number of hydrogen-bond donors (Lipinski definition) is 2. The number of aryl methyl sites for hydroxylation is 1. The maximum Gasteiger partial charge on any atom is 0.145 e. The fourth-order valence-electron chi connectivity index (χ4n) is 1.42. The van der Waals surface area contributed by atoms with Crippen LogP contribution in [0.4, 0.5) is 0 Å². The van der Waals surface area contributed by atoms with Crippen LogP contribution >= 0.6 is 0 Å². The first-order chi connectivity index (χ1) is 7.16. The van der Waals surface area contributed by atoms with Gasteiger partial charge in [0, 0.05) is 0 Å². The summed E-state index contributed by atoms with van der Waals surface area (Å²) >= 11 is 0. The molecule has 0 unspecified atom stereocenters. The summed E-state index contributed by atoms with van der Waals surface area (Å²) in [7, 11) is 0. The van der Waals surface area contributed by atoms with E-state index in [1.165, 1.54) is 0 Å². The minimum atomic E-state index is 0.0361. The molecule has 0 saturated carbocycles. The molecule has 1 fully saturated rings. The van der Waals surface area contributed by atoms with E-state index in [2.05, 4.69) is 0 Å². The number of nitrogens with one attached hydrogen (secondary N) is 1. The second-order valence-electron chi connectivity index (χ2n) is 3.69. The van der Waals surface area contributed by atoms with Crippen LogP contribution in [0.2, 0.25) is 0 Å². The van der Waals surface area contributed by atoms with E-state index in [0.717, 1.165) is 5.56 Å². The molecule has 0 amide bonds. The van der Waals surface area contributed by atoms with Gasteiger partial charge in [-0.15, -0.1) is 0 Å². The number of hydrogen-bond acceptors (Lipinski definition) is 3. The van der Waals surface area contributed by atoms with Gasteiger partial charge in [-0.05, 0) is 19.1 Å². The highest BCUT2D eigenvalue weighted by Gasteiger charge is 2.21. The van der Waals surface area contributed by atoms with Crippen LogP contribution in [0.1, 0.15) is 11.1 Å². The maximum atomic E-state index is 7.46. The van der Waals surface area contributed by atoms with Crippen molar-refractivity contribution in [2.24, 2.45) is 5.73 Å². The molecule has 4 nitrogen and oxygen atoms in total. The average Bonchev–Trinajstić information content (AvgIpc) is 2.12. The zero-order valence-corrected chi connectivity index (χ0v) is 8.62. The van der Waals surface area contributed by atoms with Gasteiger partial charge >= 0.3 is 0 Å². The van der Waals surface area contributed by atoms with E-state index in [1.54, 1.807) is 0 Å². The van der Waals surface area contributed by atoms with Gasteiger partial charge in [-0.3, -0.25) is 5.41 Å². The summed E-state index contributed by atoms with van der Waals surface area (Å²) in [5.41, 5.74) is 7.21. The lowest BCUT2D eigenvalue weighted by Crippen LogP contribution is -2.39. The van der Waals surface area contributed by atoms with E-state index in [0.29, 0.717) is 24.5 Å². The van der Waals surface area contributed by atoms with Crippen molar-refractivity contribution in [1.82, 2.24) is 0 Å². The molecule has 0 atom stereocenters. The average molecular weight is 206 g/mol. The van der Waals surface area contributed by atoms with Crippen LogP contribution < -0.4 is 10.5 Å². The van der Waals surface area contributed by atoms with E-state index in [1.807, 2.05) is 25.1 Å². The summed E-state index contributed by atoms with van der Waals surface area (Å²) in [5, 5.41) is 7.46. The van der Waals surface area contributed by atoms with Crippen LogP contribution in [-0.4, -0.2) is 25.2 Å². The third-order valence-electron chi connectivity index (χ3n) is 2.33. The van der Waals surface area contributed by atoms with Gasteiger partial charge in [0.25, 0.3) is 0 Å². The molecule has 1 aromatic rings. The van der Waals surface area contributed by atoms with Gasteiger partial charge in [-0.1, -0.05) is 11.6 Å². The zero-order chi connectivity index (χ0) is 10.8. The monoisotopic (exact) mass is 206 g/mol. The Morgan fingerprint density at radius 3 is 2.80 bits per heavy atom. The molecule has 80 valence electrons. The summed E-state index contributed by atoms with van der Waals surface area (Å²) in [6.07, 6.45) is 0.103. The first kappa shape index (κ1) is 9.98. The Hall–Kier alpha value is -1.55. The van der Waals surface area contributed by atoms with E-state index in [-0.39, 0.29) is 11.9 Å². The maximum absolute atomic E-state index is 7.46. The number of benzene rings is 1. The molecular weight excluding hydrogens is 192 g/mol. The lowest BCUT2D eigenvalue weighted by Gasteiger charge is -2.27. The minimum absolute atomic E-state index is 0.0361. The predicted molar refractivity (Wildman–Crippen MR) is 57.4 cm³/mol. The van der Waals surface area contributed by atoms with Crippen molar-refractivity contribution in [3.8, 4) is 5.75 Å². The molecule has 1 heterocycles. The molecule has 3 N–H and O–H groups in total. The van der Waals surface area contributed by atoms with Crippen molar-refractivity contribution in [3.63, 3.8) is 0 Å². The summed E-state index contributed by atoms with van der Waals surface area (Å²) in [6, 6.07) is 5.66. The van der Waals surface area contributed by atoms with Gasteiger partial charge in [0.2, 0.25) is 0 Å². The first-order valence-electron chi connectivity index (χ1n) is 4.86. The third-order valence-corrected chi connectivity index (χ3v) is 2.33. The molecule has 0 aliphatic carbocycles. The van der Waals surface area contributed by atoms with Crippen molar-refractivity contribution >= 4 is 5.84 Å². The Bertz CT molecular complexity index is 386. The molecule has 1 saturated heterocycles. The topological polar surface area (TPSA) is 68.3 Å². The van der Waals surface area contributed by atoms with Crippen LogP contribution in [0.3, 0.4) is 0 Å². The van der Waals surface area contributed by atoms with Crippen LogP contribution in [-0.2, 0) is 4.74 Å². The quantitative estimate of drug-likeness (QED) is 0.574. The van der Waals surface area contributed by atoms with Gasteiger partial charge < -0.3 is 15.2 Å². The molecule has 4 heteroatoms. The molecule has 0 aromatic heterocycles. The first-order valence-corrected chi connectivity index (χ1v) is 4.86. The van der Waals surface area contributed by atoms with Crippen molar-refractivity contribution in [3.05, 3.63) is 29.3 Å². The Labute approximate surface area is 88.5 Å². The van der Waals surface area contributed by atoms with Crippen molar-refractivity contribution in [2.45, 2.75) is 13.0 Å². The minimum Gasteiger partial charge on any atom is -0.485 e. The highest BCUT2D eigenvalue weighted by atomic mass is 16.6. The van der Waals surface area contributed by atoms with E-state index in [9.17, 15) is 0 Å². The fraction of sp³-hybridized carbons (Fsp3) is 0.364. The number of nitrogen functional groups attached to an aromatic ring is 1. The highest BCUT2D eigenvalue weighted by Crippen LogP contribution is 2.22. The molecule has 1 aromatic carbocycles. The third kappa shape index (κ3) is 2.10. The Balaban J connectivity index is 2.23. The Morgan fingerprint density at radius 2 is 2.27 bits per heavy atom. The molecular formula is C11H14N2O2. The summed E-state index contributed by atoms with van der Waals surface area (Å²) in [5.74, 6) is 0.704. The molecule has 2 rings (SSSR count). The second-order valence-corrected chi connectivity index (χ2v) is 3.69. The van der Waals surface area contributed by atoms with Crippen LogP contribution in [0.5, 0.6) is 5.75 Å². The summed E-state index contributed by atoms with van der Waals surface area (Å²) in [4.78, 5) is 0. The van der Waals surface area contributed by atoms with Crippen molar-refractivity contribution < 1.29 is 9.47 Å². The standard InChI is InChI=1S/C11H14N2O2/c1-7-2-3-10(9(4-7)11(12)13)15-8-5-14-6-8/h2-4,8H,5-6H2,1H3,(H3,12,13). The molecule has 0 radical (unpaired) electrons. The largest absolute Gasteiger partial charge is 0.485 e. The molecule has 1 aliphatic rings. The highest BCUT2D eigenvalue weighted by molar-refractivity contribution is 5.97. The van der Waals surface area contributed by atoms with E-state index in [4.69, 9.17) is 20.6 Å². The van der Waals surface area contributed by atoms with Gasteiger partial charge in [0.15, 0.2) is 0 Å². The predicted octanol–water partition coefficient (Wildman–Crippen LogP) is 1.06. The lowest BCUT2D eigenvalue weighted by molar-refractivity contribution is -0.0797. The molecule has 15 heavy (non-hydrogen) atoms. The van der Waals surface area contributed by atoms with Gasteiger partial charge in [-0.25, -0.2) is 0 Å². The molecule has 1 aliphatic heterocycles. The van der Waals surface area contributed by atoms with Crippen LogP contribution in [0, 0.1) is 12.3 Å². The number of rotatable bonds is 3. The fourth-order valence-corrected chi connectivity index (χ4v) is 1.42. The Morgan fingerprint density at radius 1 is 1.53 bits per heavy atom. The summed E-state index contributed by atoms with van der Waals surface area (Å²) < 4.78 is 10.7. The smallest absolute Gasteiger partial charge is 0.145 e. The lowest BCUT2D eigenvalue weighted by atomic mass is 10.1. The van der Waals surface area contributed by atoms with Crippen molar-refractivity contribution in [1.29, 1.82) is 5.41 Å². The van der Waals surface area contributed by atoms with Gasteiger partial charge in [-0.2, -0.15) is 0 Å². The Kier molecular flexibility index (Phi) is 2.60. The molecule has 0 bridgehead atoms. The van der Waals surface area contributed by atoms with Gasteiger partial charge in [0.1, 0.15) is 17.7 Å².